The molecule has 2 aromatic carbocycles. The summed E-state index contributed by atoms with van der Waals surface area (Å²) >= 11 is 11.8. The van der Waals surface area contributed by atoms with Crippen molar-refractivity contribution < 1.29 is 14.3 Å². The maximum atomic E-state index is 11.8. The number of nitrogens with one attached hydrogen (secondary N) is 2. The summed E-state index contributed by atoms with van der Waals surface area (Å²) in [4.78, 5) is 23.3. The van der Waals surface area contributed by atoms with Crippen LogP contribution in [-0.4, -0.2) is 25.5 Å². The van der Waals surface area contributed by atoms with Crippen molar-refractivity contribution in [1.82, 2.24) is 10.6 Å². The molecule has 0 atom stereocenters. The molecule has 24 heavy (non-hydrogen) atoms. The molecule has 0 unspecified atom stereocenters. The van der Waals surface area contributed by atoms with E-state index in [1.54, 1.807) is 49.5 Å². The minimum atomic E-state index is -0.290. The van der Waals surface area contributed by atoms with E-state index in [0.29, 0.717) is 27.9 Å². The van der Waals surface area contributed by atoms with Crippen LogP contribution in [0.25, 0.3) is 0 Å². The number of rotatable bonds is 6. The van der Waals surface area contributed by atoms with Crippen molar-refractivity contribution in [3.8, 4) is 5.75 Å². The Hall–Kier alpha value is -2.24. The summed E-state index contributed by atoms with van der Waals surface area (Å²) in [6, 6.07) is 11.7. The van der Waals surface area contributed by atoms with Gasteiger partial charge in [0.2, 0.25) is 0 Å². The molecule has 0 fully saturated rings. The second-order valence-electron chi connectivity index (χ2n) is 4.92. The van der Waals surface area contributed by atoms with Gasteiger partial charge in [-0.3, -0.25) is 9.59 Å². The van der Waals surface area contributed by atoms with Crippen molar-refractivity contribution in [2.24, 2.45) is 0 Å². The number of carbonyl (C=O) groups excluding carboxylic acids is 2. The number of hydrogen-bond acceptors (Lipinski definition) is 3. The Morgan fingerprint density at radius 3 is 2.46 bits per heavy atom. The Labute approximate surface area is 149 Å². The summed E-state index contributed by atoms with van der Waals surface area (Å²) in [5.74, 6) is -0.0898. The molecule has 2 aromatic rings. The summed E-state index contributed by atoms with van der Waals surface area (Å²) < 4.78 is 5.35. The first kappa shape index (κ1) is 18.1. The fourth-order valence-corrected chi connectivity index (χ4v) is 2.24. The highest BCUT2D eigenvalue weighted by Gasteiger charge is 2.07. The zero-order valence-electron chi connectivity index (χ0n) is 12.9. The predicted octanol–water partition coefficient (Wildman–Crippen LogP) is 3.05. The average molecular weight is 367 g/mol. The lowest BCUT2D eigenvalue weighted by molar-refractivity contribution is -0.123. The molecule has 7 heteroatoms. The van der Waals surface area contributed by atoms with Gasteiger partial charge in [-0.15, -0.1) is 0 Å². The molecule has 0 radical (unpaired) electrons. The van der Waals surface area contributed by atoms with Gasteiger partial charge in [0.15, 0.2) is 6.61 Å². The minimum Gasteiger partial charge on any atom is -0.482 e. The highest BCUT2D eigenvalue weighted by molar-refractivity contribution is 6.34. The maximum Gasteiger partial charge on any atom is 0.258 e. The van der Waals surface area contributed by atoms with Crippen molar-refractivity contribution in [3.63, 3.8) is 0 Å². The SMILES string of the molecule is CNC(=O)c1ccc(CNC(=O)COc2cc(Cl)ccc2Cl)cc1. The lowest BCUT2D eigenvalue weighted by Gasteiger charge is -2.09. The Morgan fingerprint density at radius 1 is 1.08 bits per heavy atom. The van der Waals surface area contributed by atoms with E-state index in [1.807, 2.05) is 0 Å². The second-order valence-corrected chi connectivity index (χ2v) is 5.76. The molecule has 2 amide bonds. The van der Waals surface area contributed by atoms with Crippen LogP contribution >= 0.6 is 23.2 Å². The quantitative estimate of drug-likeness (QED) is 0.825. The first-order valence-corrected chi connectivity index (χ1v) is 7.91. The van der Waals surface area contributed by atoms with E-state index in [1.165, 1.54) is 0 Å². The number of halogens is 2. The van der Waals surface area contributed by atoms with Gasteiger partial charge in [0.05, 0.1) is 5.02 Å². The molecule has 2 N–H and O–H groups in total. The summed E-state index contributed by atoms with van der Waals surface area (Å²) in [5, 5.41) is 6.14. The van der Waals surface area contributed by atoms with Gasteiger partial charge in [-0.2, -0.15) is 0 Å². The lowest BCUT2D eigenvalue weighted by atomic mass is 10.1. The van der Waals surface area contributed by atoms with Gasteiger partial charge >= 0.3 is 0 Å². The van der Waals surface area contributed by atoms with E-state index in [9.17, 15) is 9.59 Å². The van der Waals surface area contributed by atoms with E-state index >= 15 is 0 Å². The normalized spacial score (nSPS) is 10.1. The topological polar surface area (TPSA) is 67.4 Å². The van der Waals surface area contributed by atoms with Gasteiger partial charge in [-0.25, -0.2) is 0 Å². The van der Waals surface area contributed by atoms with Gasteiger partial charge < -0.3 is 15.4 Å². The number of amides is 2. The average Bonchev–Trinajstić information content (AvgIpc) is 2.60. The van der Waals surface area contributed by atoms with Crippen LogP contribution in [0.4, 0.5) is 0 Å². The van der Waals surface area contributed by atoms with Gasteiger partial charge in [-0.05, 0) is 29.8 Å². The molecule has 0 aliphatic carbocycles. The van der Waals surface area contributed by atoms with Crippen molar-refractivity contribution in [1.29, 1.82) is 0 Å². The molecule has 126 valence electrons. The third kappa shape index (κ3) is 5.15. The summed E-state index contributed by atoms with van der Waals surface area (Å²) in [5.41, 5.74) is 1.43. The Kier molecular flexibility index (Phi) is 6.46. The zero-order valence-corrected chi connectivity index (χ0v) is 14.4. The molecule has 0 aliphatic heterocycles. The van der Waals surface area contributed by atoms with Crippen LogP contribution in [0.1, 0.15) is 15.9 Å². The van der Waals surface area contributed by atoms with E-state index in [4.69, 9.17) is 27.9 Å². The van der Waals surface area contributed by atoms with Crippen LogP contribution in [0.3, 0.4) is 0 Å². The largest absolute Gasteiger partial charge is 0.482 e. The Morgan fingerprint density at radius 2 is 1.79 bits per heavy atom. The highest BCUT2D eigenvalue weighted by Crippen LogP contribution is 2.27. The van der Waals surface area contributed by atoms with Crippen LogP contribution in [0.15, 0.2) is 42.5 Å². The molecule has 2 rings (SSSR count). The van der Waals surface area contributed by atoms with E-state index in [0.717, 1.165) is 5.56 Å². The van der Waals surface area contributed by atoms with Crippen molar-refractivity contribution in [2.75, 3.05) is 13.7 Å². The number of benzene rings is 2. The molecule has 0 heterocycles. The zero-order chi connectivity index (χ0) is 17.5. The molecule has 0 spiro atoms. The number of hydrogen-bond donors (Lipinski definition) is 2. The van der Waals surface area contributed by atoms with Crippen LogP contribution in [0.5, 0.6) is 5.75 Å². The van der Waals surface area contributed by atoms with Gasteiger partial charge in [0.1, 0.15) is 5.75 Å². The van der Waals surface area contributed by atoms with Crippen molar-refractivity contribution >= 4 is 35.0 Å². The number of ether oxygens (including phenoxy) is 1. The summed E-state index contributed by atoms with van der Waals surface area (Å²) in [7, 11) is 1.57. The van der Waals surface area contributed by atoms with Crippen molar-refractivity contribution in [3.05, 3.63) is 63.6 Å². The Balaban J connectivity index is 1.82. The fourth-order valence-electron chi connectivity index (χ4n) is 1.90. The lowest BCUT2D eigenvalue weighted by Crippen LogP contribution is -2.28. The standard InChI is InChI=1S/C17H16Cl2N2O3/c1-20-17(23)12-4-2-11(3-5-12)9-21-16(22)10-24-15-8-13(18)6-7-14(15)19/h2-8H,9-10H2,1H3,(H,20,23)(H,21,22). The smallest absolute Gasteiger partial charge is 0.258 e. The molecule has 0 saturated carbocycles. The van der Waals surface area contributed by atoms with E-state index in [-0.39, 0.29) is 18.4 Å². The molecular weight excluding hydrogens is 351 g/mol. The third-order valence-corrected chi connectivity index (χ3v) is 3.73. The number of carbonyl (C=O) groups is 2. The Bertz CT molecular complexity index is 733. The first-order chi connectivity index (χ1) is 11.5. The van der Waals surface area contributed by atoms with Gasteiger partial charge in [0, 0.05) is 30.2 Å². The van der Waals surface area contributed by atoms with E-state index in [2.05, 4.69) is 10.6 Å². The van der Waals surface area contributed by atoms with Gasteiger partial charge in [0.25, 0.3) is 11.8 Å². The molecule has 0 aromatic heterocycles. The highest BCUT2D eigenvalue weighted by atomic mass is 35.5. The van der Waals surface area contributed by atoms with Crippen molar-refractivity contribution in [2.45, 2.75) is 6.54 Å². The first-order valence-electron chi connectivity index (χ1n) is 7.15. The van der Waals surface area contributed by atoms with Crippen LogP contribution < -0.4 is 15.4 Å². The molecule has 5 nitrogen and oxygen atoms in total. The summed E-state index contributed by atoms with van der Waals surface area (Å²) in [6.45, 7) is 0.163. The molecule has 0 saturated heterocycles. The fraction of sp³-hybridized carbons (Fsp3) is 0.176. The molecule has 0 bridgehead atoms. The van der Waals surface area contributed by atoms with Gasteiger partial charge in [-0.1, -0.05) is 35.3 Å². The monoisotopic (exact) mass is 366 g/mol. The molecular formula is C17H16Cl2N2O3. The second kappa shape index (κ2) is 8.57. The minimum absolute atomic E-state index is 0.155. The van der Waals surface area contributed by atoms with Crippen LogP contribution in [0.2, 0.25) is 10.0 Å². The van der Waals surface area contributed by atoms with Crippen LogP contribution in [-0.2, 0) is 11.3 Å². The van der Waals surface area contributed by atoms with E-state index < -0.39 is 0 Å². The predicted molar refractivity (Wildman–Crippen MR) is 93.6 cm³/mol. The molecule has 0 aliphatic rings. The summed E-state index contributed by atoms with van der Waals surface area (Å²) in [6.07, 6.45) is 0. The van der Waals surface area contributed by atoms with Crippen LogP contribution in [0, 0.1) is 0 Å². The third-order valence-electron chi connectivity index (χ3n) is 3.18. The maximum absolute atomic E-state index is 11.8.